The van der Waals surface area contributed by atoms with Crippen molar-refractivity contribution in [1.29, 1.82) is 0 Å². The van der Waals surface area contributed by atoms with Crippen LogP contribution in [0, 0.1) is 24.6 Å². The molecule has 1 amide bonds. The highest BCUT2D eigenvalue weighted by molar-refractivity contribution is 5.88. The fourth-order valence-corrected chi connectivity index (χ4v) is 5.10. The molecule has 5 heteroatoms. The number of aryl methyl sites for hydroxylation is 1. The number of fused-ring (bicyclic) bond motifs is 1. The molecular weight excluding hydrogens is 329 g/mol. The van der Waals surface area contributed by atoms with Gasteiger partial charge in [0.2, 0.25) is 5.91 Å². The quantitative estimate of drug-likeness (QED) is 0.777. The molecule has 2 aliphatic heterocycles. The first-order chi connectivity index (χ1) is 12.6. The lowest BCUT2D eigenvalue weighted by atomic mass is 9.75. The molecule has 142 valence electrons. The van der Waals surface area contributed by atoms with E-state index in [2.05, 4.69) is 16.0 Å². The van der Waals surface area contributed by atoms with Crippen molar-refractivity contribution in [2.75, 3.05) is 18.4 Å². The summed E-state index contributed by atoms with van der Waals surface area (Å²) in [4.78, 5) is 12.8. The molecule has 1 saturated heterocycles. The lowest BCUT2D eigenvalue weighted by molar-refractivity contribution is -0.122. The van der Waals surface area contributed by atoms with Gasteiger partial charge in [0.1, 0.15) is 11.9 Å². The highest BCUT2D eigenvalue weighted by Gasteiger charge is 2.34. The molecule has 2 fully saturated rings. The van der Waals surface area contributed by atoms with Gasteiger partial charge >= 0.3 is 0 Å². The predicted molar refractivity (Wildman–Crippen MR) is 102 cm³/mol. The number of nitrogens with one attached hydrogen (secondary N) is 3. The summed E-state index contributed by atoms with van der Waals surface area (Å²) in [6, 6.07) is 3.18. The Morgan fingerprint density at radius 2 is 2.04 bits per heavy atom. The summed E-state index contributed by atoms with van der Waals surface area (Å²) in [5.41, 5.74) is 2.46. The number of rotatable bonds is 3. The Kier molecular flexibility index (Phi) is 5.16. The molecule has 0 aromatic heterocycles. The Balaban J connectivity index is 1.35. The van der Waals surface area contributed by atoms with Crippen LogP contribution in [0.2, 0.25) is 0 Å². The summed E-state index contributed by atoms with van der Waals surface area (Å²) in [5.74, 6) is 1.28. The van der Waals surface area contributed by atoms with E-state index < -0.39 is 0 Å². The number of carbonyl (C=O) groups excluding carboxylic acids is 1. The van der Waals surface area contributed by atoms with E-state index in [0.717, 1.165) is 49.0 Å². The highest BCUT2D eigenvalue weighted by atomic mass is 19.1. The second kappa shape index (κ2) is 7.55. The third kappa shape index (κ3) is 3.59. The van der Waals surface area contributed by atoms with Gasteiger partial charge in [0.05, 0.1) is 0 Å². The summed E-state index contributed by atoms with van der Waals surface area (Å²) in [6.07, 6.45) is 7.66. The Morgan fingerprint density at radius 1 is 1.19 bits per heavy atom. The number of amides is 1. The molecule has 1 saturated carbocycles. The number of carbonyl (C=O) groups is 1. The van der Waals surface area contributed by atoms with Crippen LogP contribution in [0.3, 0.4) is 0 Å². The smallest absolute Gasteiger partial charge is 0.243 e. The highest BCUT2D eigenvalue weighted by Crippen LogP contribution is 2.34. The van der Waals surface area contributed by atoms with Crippen LogP contribution in [-0.4, -0.2) is 31.1 Å². The van der Waals surface area contributed by atoms with E-state index in [0.29, 0.717) is 12.0 Å². The molecule has 4 rings (SSSR count). The number of halogens is 1. The van der Waals surface area contributed by atoms with Crippen LogP contribution in [0.25, 0.3) is 0 Å². The molecule has 4 atom stereocenters. The van der Waals surface area contributed by atoms with Crippen molar-refractivity contribution < 1.29 is 9.18 Å². The van der Waals surface area contributed by atoms with Gasteiger partial charge in [0, 0.05) is 23.7 Å². The number of anilines is 1. The second-order valence-corrected chi connectivity index (χ2v) is 8.36. The van der Waals surface area contributed by atoms with Gasteiger partial charge in [-0.1, -0.05) is 12.5 Å². The Morgan fingerprint density at radius 3 is 2.81 bits per heavy atom. The molecule has 1 aliphatic carbocycles. The molecule has 1 aromatic rings. The SMILES string of the molecule is Cc1ccc(F)c2c1NC(C(=O)N[C@H]1CCC[C@@H](C3CCCNC3)C1)C2. The maximum Gasteiger partial charge on any atom is 0.243 e. The zero-order valence-corrected chi connectivity index (χ0v) is 15.6. The van der Waals surface area contributed by atoms with Crippen molar-refractivity contribution in [3.8, 4) is 0 Å². The van der Waals surface area contributed by atoms with Crippen LogP contribution < -0.4 is 16.0 Å². The van der Waals surface area contributed by atoms with Crippen LogP contribution in [-0.2, 0) is 11.2 Å². The van der Waals surface area contributed by atoms with Crippen molar-refractivity contribution >= 4 is 11.6 Å². The summed E-state index contributed by atoms with van der Waals surface area (Å²) in [7, 11) is 0. The molecule has 26 heavy (non-hydrogen) atoms. The first-order valence-electron chi connectivity index (χ1n) is 10.2. The zero-order valence-electron chi connectivity index (χ0n) is 15.6. The average molecular weight is 359 g/mol. The van der Waals surface area contributed by atoms with Gasteiger partial charge in [-0.3, -0.25) is 4.79 Å². The van der Waals surface area contributed by atoms with Crippen LogP contribution in [0.5, 0.6) is 0 Å². The predicted octanol–water partition coefficient (Wildman–Crippen LogP) is 3.15. The van der Waals surface area contributed by atoms with Crippen molar-refractivity contribution in [2.45, 2.75) is 64.0 Å². The van der Waals surface area contributed by atoms with E-state index in [1.807, 2.05) is 6.92 Å². The van der Waals surface area contributed by atoms with Crippen LogP contribution in [0.1, 0.15) is 49.7 Å². The molecule has 3 N–H and O–H groups in total. The standard InChI is InChI=1S/C21H30FN3O/c1-13-7-8-18(22)17-11-19(25-20(13)17)21(26)24-16-6-2-4-14(10-16)15-5-3-9-23-12-15/h7-8,14-16,19,23,25H,2-6,9-12H2,1H3,(H,24,26)/t14-,15?,16+,19?/m1/s1. The molecular formula is C21H30FN3O. The monoisotopic (exact) mass is 359 g/mol. The normalized spacial score (nSPS) is 31.2. The lowest BCUT2D eigenvalue weighted by Gasteiger charge is -2.37. The van der Waals surface area contributed by atoms with Gasteiger partial charge in [-0.2, -0.15) is 0 Å². The van der Waals surface area contributed by atoms with E-state index in [4.69, 9.17) is 0 Å². The van der Waals surface area contributed by atoms with Crippen molar-refractivity contribution in [3.63, 3.8) is 0 Å². The maximum absolute atomic E-state index is 14.0. The zero-order chi connectivity index (χ0) is 18.1. The molecule has 4 nitrogen and oxygen atoms in total. The van der Waals surface area contributed by atoms with Gasteiger partial charge in [0.15, 0.2) is 0 Å². The van der Waals surface area contributed by atoms with E-state index in [1.54, 1.807) is 6.07 Å². The summed E-state index contributed by atoms with van der Waals surface area (Å²) < 4.78 is 14.0. The summed E-state index contributed by atoms with van der Waals surface area (Å²) >= 11 is 0. The number of benzene rings is 1. The average Bonchev–Trinajstić information content (AvgIpc) is 3.13. The summed E-state index contributed by atoms with van der Waals surface area (Å²) in [6.45, 7) is 4.23. The van der Waals surface area contributed by atoms with Crippen molar-refractivity contribution in [2.24, 2.45) is 11.8 Å². The first-order valence-corrected chi connectivity index (χ1v) is 10.2. The number of hydrogen-bond donors (Lipinski definition) is 3. The molecule has 3 aliphatic rings. The molecule has 0 bridgehead atoms. The van der Waals surface area contributed by atoms with Crippen molar-refractivity contribution in [1.82, 2.24) is 10.6 Å². The molecule has 0 radical (unpaired) electrons. The van der Waals surface area contributed by atoms with Crippen LogP contribution in [0.15, 0.2) is 12.1 Å². The van der Waals surface area contributed by atoms with Crippen LogP contribution >= 0.6 is 0 Å². The second-order valence-electron chi connectivity index (χ2n) is 8.36. The Labute approximate surface area is 155 Å². The minimum absolute atomic E-state index is 0.0208. The first kappa shape index (κ1) is 17.8. The third-order valence-corrected chi connectivity index (χ3v) is 6.57. The van der Waals surface area contributed by atoms with Gasteiger partial charge in [-0.05, 0) is 75.6 Å². The van der Waals surface area contributed by atoms with E-state index in [9.17, 15) is 9.18 Å². The van der Waals surface area contributed by atoms with E-state index in [-0.39, 0.29) is 23.8 Å². The van der Waals surface area contributed by atoms with E-state index in [1.165, 1.54) is 31.7 Å². The minimum atomic E-state index is -0.350. The minimum Gasteiger partial charge on any atom is -0.373 e. The fourth-order valence-electron chi connectivity index (χ4n) is 5.10. The molecule has 2 unspecified atom stereocenters. The maximum atomic E-state index is 14.0. The third-order valence-electron chi connectivity index (χ3n) is 6.57. The Bertz CT molecular complexity index is 640. The van der Waals surface area contributed by atoms with Crippen molar-refractivity contribution in [3.05, 3.63) is 29.1 Å². The lowest BCUT2D eigenvalue weighted by Crippen LogP contribution is -2.47. The fraction of sp³-hybridized carbons (Fsp3) is 0.667. The summed E-state index contributed by atoms with van der Waals surface area (Å²) in [5, 5.41) is 10.0. The number of hydrogen-bond acceptors (Lipinski definition) is 3. The van der Waals surface area contributed by atoms with Crippen LogP contribution in [0.4, 0.5) is 10.1 Å². The molecule has 2 heterocycles. The number of piperidine rings is 1. The van der Waals surface area contributed by atoms with Gasteiger partial charge in [-0.25, -0.2) is 4.39 Å². The van der Waals surface area contributed by atoms with Gasteiger partial charge in [0.25, 0.3) is 0 Å². The molecule has 1 aromatic carbocycles. The largest absolute Gasteiger partial charge is 0.373 e. The topological polar surface area (TPSA) is 53.2 Å². The van der Waals surface area contributed by atoms with Gasteiger partial charge in [-0.15, -0.1) is 0 Å². The van der Waals surface area contributed by atoms with E-state index >= 15 is 0 Å². The molecule has 0 spiro atoms. The Hall–Kier alpha value is -1.62. The van der Waals surface area contributed by atoms with Gasteiger partial charge < -0.3 is 16.0 Å².